The van der Waals surface area contributed by atoms with Crippen molar-refractivity contribution in [2.45, 2.75) is 50.5 Å². The van der Waals surface area contributed by atoms with Crippen molar-refractivity contribution in [2.75, 3.05) is 26.9 Å². The molecule has 2 heterocycles. The number of methoxy groups -OCH3 is 1. The zero-order chi connectivity index (χ0) is 14.9. The van der Waals surface area contributed by atoms with E-state index in [2.05, 4.69) is 23.1 Å². The molecule has 1 saturated carbocycles. The molecule has 2 aliphatic heterocycles. The van der Waals surface area contributed by atoms with Gasteiger partial charge in [0, 0.05) is 32.7 Å². The molecule has 1 aromatic rings. The van der Waals surface area contributed by atoms with Gasteiger partial charge in [-0.25, -0.2) is 0 Å². The van der Waals surface area contributed by atoms with Crippen molar-refractivity contribution in [3.63, 3.8) is 0 Å². The Morgan fingerprint density at radius 2 is 2.23 bits per heavy atom. The van der Waals surface area contributed by atoms with Crippen LogP contribution in [0.15, 0.2) is 18.2 Å². The first kappa shape index (κ1) is 14.5. The minimum Gasteiger partial charge on any atom is -0.493 e. The molecule has 1 saturated heterocycles. The van der Waals surface area contributed by atoms with E-state index in [0.717, 1.165) is 57.7 Å². The van der Waals surface area contributed by atoms with Gasteiger partial charge in [0.05, 0.1) is 25.4 Å². The number of fused-ring (bicyclic) bond motifs is 2. The van der Waals surface area contributed by atoms with Gasteiger partial charge >= 0.3 is 0 Å². The van der Waals surface area contributed by atoms with Gasteiger partial charge in [-0.15, -0.1) is 0 Å². The van der Waals surface area contributed by atoms with E-state index in [4.69, 9.17) is 14.2 Å². The molecule has 0 amide bonds. The van der Waals surface area contributed by atoms with Crippen LogP contribution in [0.4, 0.5) is 0 Å². The van der Waals surface area contributed by atoms with E-state index in [9.17, 15) is 0 Å². The normalized spacial score (nSPS) is 31.4. The van der Waals surface area contributed by atoms with Crippen molar-refractivity contribution < 1.29 is 14.2 Å². The Hall–Kier alpha value is -1.10. The minimum atomic E-state index is 0.387. The Bertz CT molecular complexity index is 533. The van der Waals surface area contributed by atoms with Gasteiger partial charge in [0.25, 0.3) is 0 Å². The Balaban J connectivity index is 1.48. The summed E-state index contributed by atoms with van der Waals surface area (Å²) < 4.78 is 17.2. The highest BCUT2D eigenvalue weighted by molar-refractivity contribution is 5.39. The Kier molecular flexibility index (Phi) is 4.07. The molecular weight excluding hydrogens is 278 g/mol. The van der Waals surface area contributed by atoms with Gasteiger partial charge in [-0.3, -0.25) is 4.90 Å². The molecule has 0 unspecified atom stereocenters. The molecule has 120 valence electrons. The first-order chi connectivity index (χ1) is 10.8. The molecule has 4 heteroatoms. The first-order valence-corrected chi connectivity index (χ1v) is 8.46. The quantitative estimate of drug-likeness (QED) is 0.858. The monoisotopic (exact) mass is 303 g/mol. The van der Waals surface area contributed by atoms with Crippen molar-refractivity contribution in [3.8, 4) is 5.75 Å². The molecule has 0 aromatic heterocycles. The second-order valence-electron chi connectivity index (χ2n) is 6.66. The van der Waals surface area contributed by atoms with E-state index in [0.29, 0.717) is 18.2 Å². The second kappa shape index (κ2) is 6.19. The van der Waals surface area contributed by atoms with Gasteiger partial charge in [-0.1, -0.05) is 12.1 Å². The van der Waals surface area contributed by atoms with Gasteiger partial charge < -0.3 is 14.2 Å². The number of morpholine rings is 1. The van der Waals surface area contributed by atoms with E-state index in [1.807, 2.05) is 7.11 Å². The lowest BCUT2D eigenvalue weighted by Crippen LogP contribution is -2.54. The standard InChI is InChI=1S/C18H25NO3/c1-20-15-3-5-18-16(11-15)19(7-9-22-18)12-13-2-4-17-14(10-13)6-8-21-17/h2,4,10,15-16,18H,3,5-9,11-12H2,1H3/t15-,16+,18+/m1/s1. The fourth-order valence-electron chi connectivity index (χ4n) is 4.13. The van der Waals surface area contributed by atoms with Crippen LogP contribution < -0.4 is 4.74 Å². The van der Waals surface area contributed by atoms with Crippen molar-refractivity contribution in [3.05, 3.63) is 29.3 Å². The first-order valence-electron chi connectivity index (χ1n) is 8.46. The molecule has 3 aliphatic rings. The topological polar surface area (TPSA) is 30.9 Å². The van der Waals surface area contributed by atoms with E-state index in [-0.39, 0.29) is 0 Å². The van der Waals surface area contributed by atoms with Gasteiger partial charge in [0.1, 0.15) is 5.75 Å². The maximum Gasteiger partial charge on any atom is 0.122 e. The predicted molar refractivity (Wildman–Crippen MR) is 84.2 cm³/mol. The van der Waals surface area contributed by atoms with Crippen LogP contribution in [0.1, 0.15) is 30.4 Å². The van der Waals surface area contributed by atoms with Gasteiger partial charge in [-0.05, 0) is 36.5 Å². The number of hydrogen-bond donors (Lipinski definition) is 0. The van der Waals surface area contributed by atoms with E-state index >= 15 is 0 Å². The molecule has 4 nitrogen and oxygen atoms in total. The molecule has 1 aliphatic carbocycles. The van der Waals surface area contributed by atoms with Crippen molar-refractivity contribution in [1.29, 1.82) is 0 Å². The molecule has 4 rings (SSSR count). The molecule has 1 aromatic carbocycles. The van der Waals surface area contributed by atoms with Crippen LogP contribution in [0.3, 0.4) is 0 Å². The summed E-state index contributed by atoms with van der Waals surface area (Å²) in [5.74, 6) is 1.07. The summed E-state index contributed by atoms with van der Waals surface area (Å²) in [7, 11) is 1.83. The summed E-state index contributed by atoms with van der Waals surface area (Å²) in [6, 6.07) is 7.17. The summed E-state index contributed by atoms with van der Waals surface area (Å²) in [6.07, 6.45) is 5.16. The molecule has 0 spiro atoms. The average Bonchev–Trinajstić information content (AvgIpc) is 3.02. The van der Waals surface area contributed by atoms with Crippen LogP contribution in [0.5, 0.6) is 5.75 Å². The number of rotatable bonds is 3. The third-order valence-electron chi connectivity index (χ3n) is 5.36. The molecular formula is C18H25NO3. The van der Waals surface area contributed by atoms with Gasteiger partial charge in [-0.2, -0.15) is 0 Å². The molecule has 0 N–H and O–H groups in total. The highest BCUT2D eigenvalue weighted by Gasteiger charge is 2.37. The molecule has 3 atom stereocenters. The SMILES string of the molecule is CO[C@@H]1CC[C@@H]2OCCN(Cc3ccc4c(c3)CCO4)[C@H]2C1. The van der Waals surface area contributed by atoms with E-state index in [1.165, 1.54) is 11.1 Å². The lowest BCUT2D eigenvalue weighted by atomic mass is 9.87. The zero-order valence-corrected chi connectivity index (χ0v) is 13.3. The number of hydrogen-bond acceptors (Lipinski definition) is 4. The maximum atomic E-state index is 6.00. The van der Waals surface area contributed by atoms with Crippen molar-refractivity contribution in [1.82, 2.24) is 4.90 Å². The Morgan fingerprint density at radius 3 is 3.14 bits per heavy atom. The van der Waals surface area contributed by atoms with Crippen molar-refractivity contribution in [2.24, 2.45) is 0 Å². The Morgan fingerprint density at radius 1 is 1.27 bits per heavy atom. The summed E-state index contributed by atoms with van der Waals surface area (Å²) in [5, 5.41) is 0. The maximum absolute atomic E-state index is 6.00. The number of ether oxygens (including phenoxy) is 3. The van der Waals surface area contributed by atoms with Crippen LogP contribution in [-0.2, 0) is 22.4 Å². The number of nitrogens with zero attached hydrogens (tertiary/aromatic N) is 1. The Labute approximate surface area is 132 Å². The van der Waals surface area contributed by atoms with E-state index in [1.54, 1.807) is 0 Å². The second-order valence-corrected chi connectivity index (χ2v) is 6.66. The third-order valence-corrected chi connectivity index (χ3v) is 5.36. The fraction of sp³-hybridized carbons (Fsp3) is 0.667. The largest absolute Gasteiger partial charge is 0.493 e. The highest BCUT2D eigenvalue weighted by Crippen LogP contribution is 2.32. The van der Waals surface area contributed by atoms with Crippen LogP contribution >= 0.6 is 0 Å². The smallest absolute Gasteiger partial charge is 0.122 e. The minimum absolute atomic E-state index is 0.387. The van der Waals surface area contributed by atoms with Crippen LogP contribution in [0.2, 0.25) is 0 Å². The van der Waals surface area contributed by atoms with Gasteiger partial charge in [0.2, 0.25) is 0 Å². The summed E-state index contributed by atoms with van der Waals surface area (Å²) in [5.41, 5.74) is 2.75. The summed E-state index contributed by atoms with van der Waals surface area (Å²) >= 11 is 0. The molecule has 2 fully saturated rings. The summed E-state index contributed by atoms with van der Waals surface area (Å²) in [4.78, 5) is 2.59. The fourth-order valence-corrected chi connectivity index (χ4v) is 4.13. The predicted octanol–water partition coefficient (Wildman–Crippen LogP) is 2.39. The van der Waals surface area contributed by atoms with Crippen molar-refractivity contribution >= 4 is 0 Å². The third kappa shape index (κ3) is 2.75. The van der Waals surface area contributed by atoms with Crippen LogP contribution in [-0.4, -0.2) is 50.0 Å². The van der Waals surface area contributed by atoms with Crippen LogP contribution in [0, 0.1) is 0 Å². The summed E-state index contributed by atoms with van der Waals surface area (Å²) in [6.45, 7) is 3.71. The zero-order valence-electron chi connectivity index (χ0n) is 13.3. The van der Waals surface area contributed by atoms with Gasteiger partial charge in [0.15, 0.2) is 0 Å². The van der Waals surface area contributed by atoms with E-state index < -0.39 is 0 Å². The molecule has 0 bridgehead atoms. The average molecular weight is 303 g/mol. The lowest BCUT2D eigenvalue weighted by Gasteiger charge is -2.45. The molecule has 22 heavy (non-hydrogen) atoms. The van der Waals surface area contributed by atoms with Crippen LogP contribution in [0.25, 0.3) is 0 Å². The lowest BCUT2D eigenvalue weighted by molar-refractivity contribution is -0.116. The number of benzene rings is 1. The molecule has 0 radical (unpaired) electrons. The highest BCUT2D eigenvalue weighted by atomic mass is 16.5.